The van der Waals surface area contributed by atoms with E-state index < -0.39 is 0 Å². The fraction of sp³-hybridized carbons (Fsp3) is 0.786. The molecule has 1 amide bonds. The number of fused-ring (bicyclic) bond motifs is 3. The Labute approximate surface area is 109 Å². The molecule has 3 heterocycles. The summed E-state index contributed by atoms with van der Waals surface area (Å²) in [6.07, 6.45) is 6.36. The SMILES string of the molecule is C=CC(=O)NCCCCOC1CN2CCC1CC2. The van der Waals surface area contributed by atoms with Crippen molar-refractivity contribution in [2.45, 2.75) is 31.8 Å². The van der Waals surface area contributed by atoms with E-state index in [0.717, 1.165) is 31.9 Å². The van der Waals surface area contributed by atoms with Gasteiger partial charge in [0.1, 0.15) is 0 Å². The van der Waals surface area contributed by atoms with Gasteiger partial charge in [-0.05, 0) is 50.8 Å². The van der Waals surface area contributed by atoms with Crippen LogP contribution in [-0.4, -0.2) is 49.7 Å². The van der Waals surface area contributed by atoms with Crippen LogP contribution in [0.3, 0.4) is 0 Å². The lowest BCUT2D eigenvalue weighted by molar-refractivity contribution is -0.116. The highest BCUT2D eigenvalue weighted by Crippen LogP contribution is 2.29. The monoisotopic (exact) mass is 252 g/mol. The predicted molar refractivity (Wildman–Crippen MR) is 71.3 cm³/mol. The maximum atomic E-state index is 10.9. The van der Waals surface area contributed by atoms with Gasteiger partial charge in [0.25, 0.3) is 0 Å². The number of amides is 1. The van der Waals surface area contributed by atoms with Crippen LogP contribution in [-0.2, 0) is 9.53 Å². The molecule has 1 atom stereocenters. The number of unbranched alkanes of at least 4 members (excludes halogenated alkanes) is 1. The highest BCUT2D eigenvalue weighted by molar-refractivity contribution is 5.86. The Balaban J connectivity index is 1.51. The number of carbonyl (C=O) groups is 1. The van der Waals surface area contributed by atoms with Crippen LogP contribution in [0.5, 0.6) is 0 Å². The molecule has 18 heavy (non-hydrogen) atoms. The van der Waals surface area contributed by atoms with E-state index >= 15 is 0 Å². The van der Waals surface area contributed by atoms with Gasteiger partial charge in [-0.2, -0.15) is 0 Å². The topological polar surface area (TPSA) is 41.6 Å². The van der Waals surface area contributed by atoms with Crippen molar-refractivity contribution in [2.24, 2.45) is 5.92 Å². The minimum Gasteiger partial charge on any atom is -0.377 e. The molecule has 0 aliphatic carbocycles. The second-order valence-corrected chi connectivity index (χ2v) is 5.25. The molecular weight excluding hydrogens is 228 g/mol. The van der Waals surface area contributed by atoms with Gasteiger partial charge in [-0.15, -0.1) is 0 Å². The molecule has 102 valence electrons. The fourth-order valence-corrected chi connectivity index (χ4v) is 2.85. The zero-order valence-electron chi connectivity index (χ0n) is 11.1. The van der Waals surface area contributed by atoms with Crippen LogP contribution >= 0.6 is 0 Å². The summed E-state index contributed by atoms with van der Waals surface area (Å²) in [5.74, 6) is 0.698. The Bertz CT molecular complexity index is 286. The first kappa shape index (κ1) is 13.6. The molecule has 1 N–H and O–H groups in total. The number of rotatable bonds is 7. The van der Waals surface area contributed by atoms with Crippen molar-refractivity contribution in [1.82, 2.24) is 10.2 Å². The minimum absolute atomic E-state index is 0.0895. The Kier molecular flexibility index (Phi) is 5.20. The van der Waals surface area contributed by atoms with Gasteiger partial charge in [0.05, 0.1) is 6.10 Å². The molecule has 0 saturated carbocycles. The van der Waals surface area contributed by atoms with Crippen molar-refractivity contribution in [2.75, 3.05) is 32.8 Å². The van der Waals surface area contributed by atoms with Crippen LogP contribution in [0.15, 0.2) is 12.7 Å². The van der Waals surface area contributed by atoms with Crippen LogP contribution in [0.25, 0.3) is 0 Å². The normalized spacial score (nSPS) is 30.1. The van der Waals surface area contributed by atoms with Gasteiger partial charge in [-0.25, -0.2) is 0 Å². The first-order valence-corrected chi connectivity index (χ1v) is 7.04. The summed E-state index contributed by atoms with van der Waals surface area (Å²) >= 11 is 0. The average molecular weight is 252 g/mol. The summed E-state index contributed by atoms with van der Waals surface area (Å²) in [6, 6.07) is 0. The van der Waals surface area contributed by atoms with Crippen LogP contribution in [0.4, 0.5) is 0 Å². The Morgan fingerprint density at radius 2 is 2.17 bits per heavy atom. The largest absolute Gasteiger partial charge is 0.377 e. The van der Waals surface area contributed by atoms with Crippen molar-refractivity contribution in [3.05, 3.63) is 12.7 Å². The second kappa shape index (κ2) is 6.90. The van der Waals surface area contributed by atoms with Crippen molar-refractivity contribution in [3.63, 3.8) is 0 Å². The van der Waals surface area contributed by atoms with E-state index in [2.05, 4.69) is 16.8 Å². The molecule has 4 heteroatoms. The molecule has 0 radical (unpaired) electrons. The van der Waals surface area contributed by atoms with Crippen molar-refractivity contribution < 1.29 is 9.53 Å². The molecular formula is C14H24N2O2. The molecule has 3 fully saturated rings. The van der Waals surface area contributed by atoms with E-state index in [1.54, 1.807) is 0 Å². The summed E-state index contributed by atoms with van der Waals surface area (Å²) in [5.41, 5.74) is 0. The molecule has 0 aromatic rings. The molecule has 4 nitrogen and oxygen atoms in total. The number of piperidine rings is 3. The van der Waals surface area contributed by atoms with Crippen LogP contribution in [0, 0.1) is 5.92 Å². The molecule has 0 aromatic carbocycles. The quantitative estimate of drug-likeness (QED) is 0.546. The lowest BCUT2D eigenvalue weighted by Crippen LogP contribution is -2.51. The summed E-state index contributed by atoms with van der Waals surface area (Å²) < 4.78 is 5.98. The van der Waals surface area contributed by atoms with Crippen molar-refractivity contribution in [1.29, 1.82) is 0 Å². The molecule has 0 aromatic heterocycles. The Morgan fingerprint density at radius 1 is 1.39 bits per heavy atom. The zero-order chi connectivity index (χ0) is 12.8. The van der Waals surface area contributed by atoms with E-state index in [4.69, 9.17) is 4.74 Å². The third kappa shape index (κ3) is 3.82. The molecule has 3 aliphatic rings. The minimum atomic E-state index is -0.0895. The first-order valence-electron chi connectivity index (χ1n) is 7.04. The summed E-state index contributed by atoms with van der Waals surface area (Å²) in [7, 11) is 0. The van der Waals surface area contributed by atoms with Gasteiger partial charge in [-0.1, -0.05) is 6.58 Å². The van der Waals surface area contributed by atoms with E-state index in [1.807, 2.05) is 0 Å². The lowest BCUT2D eigenvalue weighted by atomic mass is 9.86. The Hall–Kier alpha value is -0.870. The molecule has 2 bridgehead atoms. The van der Waals surface area contributed by atoms with E-state index in [1.165, 1.54) is 32.0 Å². The first-order chi connectivity index (χ1) is 8.79. The van der Waals surface area contributed by atoms with Crippen molar-refractivity contribution >= 4 is 5.91 Å². The number of nitrogens with zero attached hydrogens (tertiary/aromatic N) is 1. The van der Waals surface area contributed by atoms with E-state index in [-0.39, 0.29) is 5.91 Å². The van der Waals surface area contributed by atoms with E-state index in [0.29, 0.717) is 12.6 Å². The molecule has 1 unspecified atom stereocenters. The Morgan fingerprint density at radius 3 is 2.78 bits per heavy atom. The third-order valence-corrected chi connectivity index (χ3v) is 3.98. The average Bonchev–Trinajstić information content (AvgIpc) is 2.43. The smallest absolute Gasteiger partial charge is 0.243 e. The molecule has 3 aliphatic heterocycles. The maximum Gasteiger partial charge on any atom is 0.243 e. The highest BCUT2D eigenvalue weighted by Gasteiger charge is 2.34. The number of hydrogen-bond acceptors (Lipinski definition) is 3. The summed E-state index contributed by atoms with van der Waals surface area (Å²) in [6.45, 7) is 8.60. The van der Waals surface area contributed by atoms with Crippen LogP contribution < -0.4 is 5.32 Å². The second-order valence-electron chi connectivity index (χ2n) is 5.25. The molecule has 3 saturated heterocycles. The van der Waals surface area contributed by atoms with Crippen molar-refractivity contribution in [3.8, 4) is 0 Å². The fourth-order valence-electron chi connectivity index (χ4n) is 2.85. The lowest BCUT2D eigenvalue weighted by Gasteiger charge is -2.44. The summed E-state index contributed by atoms with van der Waals surface area (Å²) in [4.78, 5) is 13.4. The number of nitrogens with one attached hydrogen (secondary N) is 1. The summed E-state index contributed by atoms with van der Waals surface area (Å²) in [5, 5.41) is 2.78. The van der Waals surface area contributed by atoms with Gasteiger partial charge < -0.3 is 15.0 Å². The highest BCUT2D eigenvalue weighted by atomic mass is 16.5. The van der Waals surface area contributed by atoms with E-state index in [9.17, 15) is 4.79 Å². The zero-order valence-corrected chi connectivity index (χ0v) is 11.1. The third-order valence-electron chi connectivity index (χ3n) is 3.98. The van der Waals surface area contributed by atoms with Gasteiger partial charge in [-0.3, -0.25) is 4.79 Å². The van der Waals surface area contributed by atoms with Crippen LogP contribution in [0.1, 0.15) is 25.7 Å². The van der Waals surface area contributed by atoms with Crippen LogP contribution in [0.2, 0.25) is 0 Å². The standard InChI is InChI=1S/C14H24N2O2/c1-2-14(17)15-7-3-4-10-18-13-11-16-8-5-12(13)6-9-16/h2,12-13H,1,3-11H2,(H,15,17). The van der Waals surface area contributed by atoms with Gasteiger partial charge in [0.15, 0.2) is 0 Å². The number of hydrogen-bond donors (Lipinski definition) is 1. The predicted octanol–water partition coefficient (Wildman–Crippen LogP) is 1.18. The number of carbonyl (C=O) groups excluding carboxylic acids is 1. The number of ether oxygens (including phenoxy) is 1. The maximum absolute atomic E-state index is 10.9. The van der Waals surface area contributed by atoms with Gasteiger partial charge >= 0.3 is 0 Å². The van der Waals surface area contributed by atoms with Gasteiger partial charge in [0, 0.05) is 19.7 Å². The molecule has 3 rings (SSSR count). The molecule has 0 spiro atoms. The van der Waals surface area contributed by atoms with Gasteiger partial charge in [0.2, 0.25) is 5.91 Å².